The second-order valence-corrected chi connectivity index (χ2v) is 3.50. The average molecular weight is 210 g/mol. The number of anilines is 1. The summed E-state index contributed by atoms with van der Waals surface area (Å²) in [6, 6.07) is 0. The van der Waals surface area contributed by atoms with E-state index in [1.165, 1.54) is 0 Å². The van der Waals surface area contributed by atoms with E-state index in [0.717, 1.165) is 18.8 Å². The second-order valence-electron chi connectivity index (χ2n) is 3.50. The van der Waals surface area contributed by atoms with Gasteiger partial charge in [0.1, 0.15) is 5.82 Å². The van der Waals surface area contributed by atoms with Crippen molar-refractivity contribution in [2.24, 2.45) is 0 Å². The first-order valence-corrected chi connectivity index (χ1v) is 4.99. The zero-order valence-corrected chi connectivity index (χ0v) is 9.53. The van der Waals surface area contributed by atoms with Crippen LogP contribution in [0, 0.1) is 0 Å². The molecular weight excluding hydrogens is 192 g/mol. The Morgan fingerprint density at radius 1 is 1.40 bits per heavy atom. The summed E-state index contributed by atoms with van der Waals surface area (Å²) >= 11 is 0. The van der Waals surface area contributed by atoms with Crippen LogP contribution in [-0.2, 0) is 0 Å². The lowest BCUT2D eigenvalue weighted by Gasteiger charge is -2.09. The highest BCUT2D eigenvalue weighted by Gasteiger charge is 1.98. The molecule has 0 aromatic carbocycles. The van der Waals surface area contributed by atoms with Crippen molar-refractivity contribution in [2.75, 3.05) is 39.6 Å². The van der Waals surface area contributed by atoms with Gasteiger partial charge >= 0.3 is 0 Å². The molecule has 1 aromatic heterocycles. The van der Waals surface area contributed by atoms with Crippen LogP contribution in [0.5, 0.6) is 5.88 Å². The maximum Gasteiger partial charge on any atom is 0.234 e. The Morgan fingerprint density at radius 2 is 2.20 bits per heavy atom. The number of ether oxygens (including phenoxy) is 1. The lowest BCUT2D eigenvalue weighted by atomic mass is 10.4. The predicted octanol–water partition coefficient (Wildman–Crippen LogP) is 0.849. The Balaban J connectivity index is 2.30. The quantitative estimate of drug-likeness (QED) is 0.705. The lowest BCUT2D eigenvalue weighted by molar-refractivity contribution is 0.272. The van der Waals surface area contributed by atoms with Crippen LogP contribution in [0.1, 0.15) is 6.42 Å². The molecule has 1 N–H and O–H groups in total. The Bertz CT molecular complexity index is 291. The molecule has 1 aromatic rings. The molecule has 0 bridgehead atoms. The third-order valence-corrected chi connectivity index (χ3v) is 1.87. The van der Waals surface area contributed by atoms with E-state index in [1.807, 2.05) is 14.1 Å². The van der Waals surface area contributed by atoms with Gasteiger partial charge in [-0.2, -0.15) is 4.98 Å². The number of hydrogen-bond donors (Lipinski definition) is 1. The van der Waals surface area contributed by atoms with E-state index in [2.05, 4.69) is 20.2 Å². The van der Waals surface area contributed by atoms with Gasteiger partial charge in [0, 0.05) is 13.6 Å². The standard InChI is InChI=1S/C10H18N4O/c1-11-9-7-12-8-10(13-9)15-6-4-5-14(2)3/h7-8H,4-6H2,1-3H3,(H,11,13). The highest BCUT2D eigenvalue weighted by Crippen LogP contribution is 2.08. The van der Waals surface area contributed by atoms with Crippen molar-refractivity contribution in [1.82, 2.24) is 14.9 Å². The molecule has 0 amide bonds. The molecule has 0 radical (unpaired) electrons. The third kappa shape index (κ3) is 4.60. The summed E-state index contributed by atoms with van der Waals surface area (Å²) in [7, 11) is 5.89. The van der Waals surface area contributed by atoms with E-state index in [0.29, 0.717) is 12.5 Å². The summed E-state index contributed by atoms with van der Waals surface area (Å²) in [4.78, 5) is 10.3. The van der Waals surface area contributed by atoms with Crippen LogP contribution in [0.25, 0.3) is 0 Å². The van der Waals surface area contributed by atoms with Crippen LogP contribution >= 0.6 is 0 Å². The maximum absolute atomic E-state index is 5.46. The van der Waals surface area contributed by atoms with Gasteiger partial charge in [-0.15, -0.1) is 0 Å². The summed E-state index contributed by atoms with van der Waals surface area (Å²) < 4.78 is 5.46. The number of nitrogens with one attached hydrogen (secondary N) is 1. The fraction of sp³-hybridized carbons (Fsp3) is 0.600. The van der Waals surface area contributed by atoms with Gasteiger partial charge in [-0.1, -0.05) is 0 Å². The van der Waals surface area contributed by atoms with Crippen molar-refractivity contribution in [3.8, 4) is 5.88 Å². The third-order valence-electron chi connectivity index (χ3n) is 1.87. The Morgan fingerprint density at radius 3 is 2.87 bits per heavy atom. The first-order valence-electron chi connectivity index (χ1n) is 4.99. The van der Waals surface area contributed by atoms with E-state index in [9.17, 15) is 0 Å². The van der Waals surface area contributed by atoms with E-state index < -0.39 is 0 Å². The minimum atomic E-state index is 0.570. The number of hydrogen-bond acceptors (Lipinski definition) is 5. The molecule has 5 heteroatoms. The summed E-state index contributed by atoms with van der Waals surface area (Å²) in [6.45, 7) is 1.68. The first kappa shape index (κ1) is 11.7. The number of nitrogens with zero attached hydrogens (tertiary/aromatic N) is 3. The molecule has 84 valence electrons. The van der Waals surface area contributed by atoms with E-state index in [1.54, 1.807) is 19.4 Å². The fourth-order valence-electron chi connectivity index (χ4n) is 1.10. The summed E-state index contributed by atoms with van der Waals surface area (Å²) in [5, 5.41) is 2.91. The van der Waals surface area contributed by atoms with E-state index >= 15 is 0 Å². The molecule has 0 saturated heterocycles. The minimum Gasteiger partial charge on any atom is -0.476 e. The van der Waals surface area contributed by atoms with Gasteiger partial charge < -0.3 is 15.0 Å². The summed E-state index contributed by atoms with van der Waals surface area (Å²) in [5.74, 6) is 1.29. The highest BCUT2D eigenvalue weighted by atomic mass is 16.5. The monoisotopic (exact) mass is 210 g/mol. The molecule has 1 heterocycles. The highest BCUT2D eigenvalue weighted by molar-refractivity contribution is 5.31. The average Bonchev–Trinajstić information content (AvgIpc) is 2.24. The van der Waals surface area contributed by atoms with Crippen molar-refractivity contribution in [3.05, 3.63) is 12.4 Å². The largest absolute Gasteiger partial charge is 0.476 e. The van der Waals surface area contributed by atoms with Crippen molar-refractivity contribution in [2.45, 2.75) is 6.42 Å². The van der Waals surface area contributed by atoms with Crippen molar-refractivity contribution >= 4 is 5.82 Å². The molecular formula is C10H18N4O. The van der Waals surface area contributed by atoms with Gasteiger partial charge in [0.2, 0.25) is 5.88 Å². The molecule has 1 rings (SSSR count). The van der Waals surface area contributed by atoms with E-state index in [-0.39, 0.29) is 0 Å². The van der Waals surface area contributed by atoms with Crippen LogP contribution in [0.15, 0.2) is 12.4 Å². The van der Waals surface area contributed by atoms with Gasteiger partial charge in [-0.3, -0.25) is 4.98 Å². The van der Waals surface area contributed by atoms with Crippen LogP contribution in [0.2, 0.25) is 0 Å². The normalized spacial score (nSPS) is 10.4. The molecule has 0 saturated carbocycles. The van der Waals surface area contributed by atoms with Crippen LogP contribution in [0.3, 0.4) is 0 Å². The molecule has 0 aliphatic rings. The first-order chi connectivity index (χ1) is 7.22. The molecule has 0 spiro atoms. The zero-order valence-electron chi connectivity index (χ0n) is 9.53. The minimum absolute atomic E-state index is 0.570. The van der Waals surface area contributed by atoms with Crippen LogP contribution < -0.4 is 10.1 Å². The van der Waals surface area contributed by atoms with Crippen molar-refractivity contribution in [3.63, 3.8) is 0 Å². The molecule has 15 heavy (non-hydrogen) atoms. The summed E-state index contributed by atoms with van der Waals surface area (Å²) in [6.07, 6.45) is 4.27. The molecule has 0 aliphatic heterocycles. The molecule has 0 fully saturated rings. The summed E-state index contributed by atoms with van der Waals surface area (Å²) in [5.41, 5.74) is 0. The molecule has 0 unspecified atom stereocenters. The van der Waals surface area contributed by atoms with Gasteiger partial charge in [0.05, 0.1) is 19.0 Å². The van der Waals surface area contributed by atoms with Gasteiger partial charge in [-0.05, 0) is 20.5 Å². The lowest BCUT2D eigenvalue weighted by Crippen LogP contribution is -2.15. The molecule has 0 atom stereocenters. The SMILES string of the molecule is CNc1cncc(OCCCN(C)C)n1. The smallest absolute Gasteiger partial charge is 0.234 e. The van der Waals surface area contributed by atoms with Crippen LogP contribution in [0.4, 0.5) is 5.82 Å². The number of aromatic nitrogens is 2. The van der Waals surface area contributed by atoms with Crippen molar-refractivity contribution < 1.29 is 4.74 Å². The Labute approximate surface area is 90.5 Å². The second kappa shape index (κ2) is 6.19. The van der Waals surface area contributed by atoms with Crippen molar-refractivity contribution in [1.29, 1.82) is 0 Å². The fourth-order valence-corrected chi connectivity index (χ4v) is 1.10. The predicted molar refractivity (Wildman–Crippen MR) is 60.2 cm³/mol. The zero-order chi connectivity index (χ0) is 11.1. The molecule has 5 nitrogen and oxygen atoms in total. The topological polar surface area (TPSA) is 50.3 Å². The number of rotatable bonds is 6. The van der Waals surface area contributed by atoms with Gasteiger partial charge in [0.15, 0.2) is 0 Å². The maximum atomic E-state index is 5.46. The Hall–Kier alpha value is -1.36. The van der Waals surface area contributed by atoms with Gasteiger partial charge in [-0.25, -0.2) is 0 Å². The Kier molecular flexibility index (Phi) is 4.83. The van der Waals surface area contributed by atoms with E-state index in [4.69, 9.17) is 4.74 Å². The molecule has 0 aliphatic carbocycles. The van der Waals surface area contributed by atoms with Crippen LogP contribution in [-0.4, -0.2) is 49.2 Å². The van der Waals surface area contributed by atoms with Gasteiger partial charge in [0.25, 0.3) is 0 Å².